The van der Waals surface area contributed by atoms with Crippen molar-refractivity contribution in [1.29, 1.82) is 0 Å². The fourth-order valence-corrected chi connectivity index (χ4v) is 3.12. The Morgan fingerprint density at radius 2 is 2.00 bits per heavy atom. The number of carbonyl (C=O) groups is 2. The highest BCUT2D eigenvalue weighted by molar-refractivity contribution is 6.61. The lowest BCUT2D eigenvalue weighted by atomic mass is 9.78. The summed E-state index contributed by atoms with van der Waals surface area (Å²) in [5.74, 6) is -0.690. The van der Waals surface area contributed by atoms with E-state index < -0.39 is 24.7 Å². The normalized spacial score (nSPS) is 17.2. The zero-order valence-electron chi connectivity index (χ0n) is 15.4. The number of carbonyl (C=O) groups excluding carboxylic acids is 2. The van der Waals surface area contributed by atoms with Crippen molar-refractivity contribution in [3.8, 4) is 0 Å². The molecular weight excluding hydrogens is 358 g/mol. The molecule has 7 nitrogen and oxygen atoms in total. The number of aryl methyl sites for hydroxylation is 1. The van der Waals surface area contributed by atoms with E-state index in [9.17, 15) is 19.6 Å². The molecule has 0 bridgehead atoms. The molecule has 1 atom stereocenters. The molecule has 1 fully saturated rings. The second-order valence-corrected chi connectivity index (χ2v) is 7.90. The van der Waals surface area contributed by atoms with Crippen LogP contribution in [-0.2, 0) is 9.53 Å². The van der Waals surface area contributed by atoms with Gasteiger partial charge in [-0.05, 0) is 51.8 Å². The molecule has 1 aliphatic heterocycles. The number of halogens is 1. The Morgan fingerprint density at radius 1 is 1.35 bits per heavy atom. The Labute approximate surface area is 158 Å². The van der Waals surface area contributed by atoms with Gasteiger partial charge in [-0.3, -0.25) is 4.79 Å². The van der Waals surface area contributed by atoms with Crippen LogP contribution in [0.25, 0.3) is 0 Å². The number of nitrogens with zero attached hydrogens (tertiary/aromatic N) is 1. The Hall–Kier alpha value is -1.77. The number of anilines is 1. The molecule has 0 unspecified atom stereocenters. The number of nitrogens with one attached hydrogen (secondary N) is 1. The summed E-state index contributed by atoms with van der Waals surface area (Å²) >= 11 is 5.94. The topological polar surface area (TPSA) is 99.1 Å². The molecule has 0 saturated carbocycles. The molecule has 142 valence electrons. The molecule has 1 aliphatic rings. The number of hydrogen-bond donors (Lipinski definition) is 3. The molecule has 0 spiro atoms. The first-order chi connectivity index (χ1) is 12.0. The van der Waals surface area contributed by atoms with Crippen LogP contribution < -0.4 is 10.8 Å². The third kappa shape index (κ3) is 5.12. The van der Waals surface area contributed by atoms with Gasteiger partial charge in [-0.15, -0.1) is 0 Å². The number of benzene rings is 1. The summed E-state index contributed by atoms with van der Waals surface area (Å²) in [7, 11) is -1.76. The van der Waals surface area contributed by atoms with Gasteiger partial charge in [0.25, 0.3) is 0 Å². The second kappa shape index (κ2) is 7.86. The highest BCUT2D eigenvalue weighted by Gasteiger charge is 2.34. The van der Waals surface area contributed by atoms with Crippen LogP contribution in [-0.4, -0.2) is 52.8 Å². The van der Waals surface area contributed by atoms with Crippen LogP contribution >= 0.6 is 11.6 Å². The highest BCUT2D eigenvalue weighted by atomic mass is 35.5. The van der Waals surface area contributed by atoms with E-state index in [-0.39, 0.29) is 17.9 Å². The lowest BCUT2D eigenvalue weighted by molar-refractivity contribution is -0.119. The summed E-state index contributed by atoms with van der Waals surface area (Å²) < 4.78 is 5.33. The van der Waals surface area contributed by atoms with Gasteiger partial charge in [0, 0.05) is 29.3 Å². The Balaban J connectivity index is 2.07. The molecular formula is C17H24BClN2O5. The van der Waals surface area contributed by atoms with Gasteiger partial charge in [-0.2, -0.15) is 0 Å². The molecule has 1 aromatic carbocycles. The maximum Gasteiger partial charge on any atom is 0.490 e. The largest absolute Gasteiger partial charge is 0.490 e. The first-order valence-corrected chi connectivity index (χ1v) is 8.80. The van der Waals surface area contributed by atoms with Crippen molar-refractivity contribution < 1.29 is 24.4 Å². The number of ether oxygens (including phenoxy) is 1. The molecule has 26 heavy (non-hydrogen) atoms. The molecule has 1 saturated heterocycles. The Kier molecular flexibility index (Phi) is 6.21. The quantitative estimate of drug-likeness (QED) is 0.689. The molecule has 1 aromatic rings. The van der Waals surface area contributed by atoms with Crippen LogP contribution in [0.3, 0.4) is 0 Å². The van der Waals surface area contributed by atoms with E-state index >= 15 is 0 Å². The molecule has 0 aliphatic carbocycles. The third-order valence-corrected chi connectivity index (χ3v) is 4.29. The highest BCUT2D eigenvalue weighted by Crippen LogP contribution is 2.23. The van der Waals surface area contributed by atoms with E-state index in [4.69, 9.17) is 16.3 Å². The van der Waals surface area contributed by atoms with Crippen LogP contribution in [0.15, 0.2) is 12.1 Å². The minimum atomic E-state index is -1.76. The van der Waals surface area contributed by atoms with E-state index in [1.807, 2.05) is 0 Å². The molecule has 1 heterocycles. The molecule has 0 radical (unpaired) electrons. The average molecular weight is 383 g/mol. The lowest BCUT2D eigenvalue weighted by Gasteiger charge is -2.24. The van der Waals surface area contributed by atoms with Crippen LogP contribution in [0.5, 0.6) is 0 Å². The fraction of sp³-hybridized carbons (Fsp3) is 0.529. The summed E-state index contributed by atoms with van der Waals surface area (Å²) in [5.41, 5.74) is 0.482. The molecule has 3 N–H and O–H groups in total. The van der Waals surface area contributed by atoms with Gasteiger partial charge in [0.1, 0.15) is 5.60 Å². The fourth-order valence-electron chi connectivity index (χ4n) is 2.84. The summed E-state index contributed by atoms with van der Waals surface area (Å²) in [5, 5.41) is 22.2. The lowest BCUT2D eigenvalue weighted by Crippen LogP contribution is -2.38. The van der Waals surface area contributed by atoms with Crippen molar-refractivity contribution in [2.45, 2.75) is 39.7 Å². The zero-order valence-corrected chi connectivity index (χ0v) is 16.1. The molecule has 2 amide bonds. The van der Waals surface area contributed by atoms with Crippen LogP contribution in [0, 0.1) is 12.8 Å². The minimum absolute atomic E-state index is 0.130. The SMILES string of the molecule is Cc1cc(Cl)cc(B(O)O)c1NC(=O)[C@H]1CCN(C(=O)OC(C)(C)C)C1. The molecule has 0 aromatic heterocycles. The number of hydrogen-bond acceptors (Lipinski definition) is 5. The summed E-state index contributed by atoms with van der Waals surface area (Å²) in [6, 6.07) is 3.03. The number of rotatable bonds is 3. The maximum absolute atomic E-state index is 12.6. The van der Waals surface area contributed by atoms with Crippen molar-refractivity contribution in [3.63, 3.8) is 0 Å². The Bertz CT molecular complexity index is 705. The van der Waals surface area contributed by atoms with Gasteiger partial charge >= 0.3 is 13.2 Å². The maximum atomic E-state index is 12.6. The summed E-state index contributed by atoms with van der Waals surface area (Å²) in [4.78, 5) is 26.2. The smallest absolute Gasteiger partial charge is 0.444 e. The predicted octanol–water partition coefficient (Wildman–Crippen LogP) is 1.52. The van der Waals surface area contributed by atoms with Crippen molar-refractivity contribution in [2.75, 3.05) is 18.4 Å². The monoisotopic (exact) mass is 382 g/mol. The molecule has 2 rings (SSSR count). The van der Waals surface area contributed by atoms with E-state index in [1.165, 1.54) is 11.0 Å². The molecule has 9 heteroatoms. The van der Waals surface area contributed by atoms with E-state index in [0.717, 1.165) is 0 Å². The standard InChI is InChI=1S/C17H24BClN2O5/c1-10-7-12(19)8-13(18(24)25)14(10)20-15(22)11-5-6-21(9-11)16(23)26-17(2,3)4/h7-8,11,24-25H,5-6,9H2,1-4H3,(H,20,22)/t11-/m0/s1. The van der Waals surface area contributed by atoms with E-state index in [1.54, 1.807) is 33.8 Å². The van der Waals surface area contributed by atoms with Gasteiger partial charge in [0.2, 0.25) is 5.91 Å². The second-order valence-electron chi connectivity index (χ2n) is 7.46. The van der Waals surface area contributed by atoms with Crippen molar-refractivity contribution >= 4 is 41.9 Å². The van der Waals surface area contributed by atoms with Gasteiger partial charge in [-0.1, -0.05) is 11.6 Å². The van der Waals surface area contributed by atoms with Crippen molar-refractivity contribution in [2.24, 2.45) is 5.92 Å². The summed E-state index contributed by atoms with van der Waals surface area (Å²) in [6.45, 7) is 7.77. The number of amides is 2. The van der Waals surface area contributed by atoms with Gasteiger partial charge in [0.05, 0.1) is 5.92 Å². The van der Waals surface area contributed by atoms with Gasteiger partial charge in [0.15, 0.2) is 0 Å². The van der Waals surface area contributed by atoms with E-state index in [2.05, 4.69) is 5.32 Å². The first-order valence-electron chi connectivity index (χ1n) is 8.43. The van der Waals surface area contributed by atoms with Crippen molar-refractivity contribution in [1.82, 2.24) is 4.90 Å². The zero-order chi connectivity index (χ0) is 19.6. The van der Waals surface area contributed by atoms with Gasteiger partial charge < -0.3 is 25.0 Å². The summed E-state index contributed by atoms with van der Waals surface area (Å²) in [6.07, 6.45) is 0.0660. The number of likely N-dealkylation sites (tertiary alicyclic amines) is 1. The van der Waals surface area contributed by atoms with Gasteiger partial charge in [-0.25, -0.2) is 4.79 Å². The average Bonchev–Trinajstić information content (AvgIpc) is 2.97. The van der Waals surface area contributed by atoms with Crippen LogP contribution in [0.1, 0.15) is 32.8 Å². The van der Waals surface area contributed by atoms with E-state index in [0.29, 0.717) is 29.2 Å². The Morgan fingerprint density at radius 3 is 2.58 bits per heavy atom. The van der Waals surface area contributed by atoms with Crippen LogP contribution in [0.4, 0.5) is 10.5 Å². The van der Waals surface area contributed by atoms with Crippen LogP contribution in [0.2, 0.25) is 5.02 Å². The predicted molar refractivity (Wildman–Crippen MR) is 101 cm³/mol. The minimum Gasteiger partial charge on any atom is -0.444 e. The van der Waals surface area contributed by atoms with Crippen molar-refractivity contribution in [3.05, 3.63) is 22.7 Å². The first kappa shape index (κ1) is 20.5. The third-order valence-electron chi connectivity index (χ3n) is 4.07.